The normalized spacial score (nSPS) is 15.4. The summed E-state index contributed by atoms with van der Waals surface area (Å²) < 4.78 is 0. The molecule has 0 unspecified atom stereocenters. The van der Waals surface area contributed by atoms with E-state index < -0.39 is 0 Å². The third-order valence-corrected chi connectivity index (χ3v) is 3.13. The Morgan fingerprint density at radius 2 is 1.63 bits per heavy atom. The molecule has 6 nitrogen and oxygen atoms in total. The van der Waals surface area contributed by atoms with E-state index in [1.165, 1.54) is 19.3 Å². The zero-order chi connectivity index (χ0) is 13.5. The van der Waals surface area contributed by atoms with Gasteiger partial charge in [-0.1, -0.05) is 6.92 Å². The van der Waals surface area contributed by atoms with Crippen molar-refractivity contribution >= 4 is 17.8 Å². The molecule has 1 fully saturated rings. The van der Waals surface area contributed by atoms with E-state index in [2.05, 4.69) is 37.4 Å². The van der Waals surface area contributed by atoms with Crippen molar-refractivity contribution in [3.63, 3.8) is 0 Å². The summed E-state index contributed by atoms with van der Waals surface area (Å²) in [6.07, 6.45) is 4.81. The van der Waals surface area contributed by atoms with Crippen LogP contribution in [0.5, 0.6) is 0 Å². The second kappa shape index (κ2) is 7.11. The maximum absolute atomic E-state index is 4.53. The fourth-order valence-corrected chi connectivity index (χ4v) is 2.15. The van der Waals surface area contributed by atoms with E-state index in [1.807, 2.05) is 6.92 Å². The molecule has 0 radical (unpaired) electrons. The molecule has 6 heteroatoms. The van der Waals surface area contributed by atoms with E-state index in [4.69, 9.17) is 0 Å². The zero-order valence-corrected chi connectivity index (χ0v) is 11.9. The Morgan fingerprint density at radius 3 is 2.26 bits per heavy atom. The van der Waals surface area contributed by atoms with Crippen LogP contribution in [0, 0.1) is 0 Å². The third kappa shape index (κ3) is 3.94. The Morgan fingerprint density at radius 1 is 0.947 bits per heavy atom. The molecular weight excluding hydrogens is 240 g/mol. The minimum Gasteiger partial charge on any atom is -0.354 e. The predicted octanol–water partition coefficient (Wildman–Crippen LogP) is 2.12. The van der Waals surface area contributed by atoms with Crippen molar-refractivity contribution in [2.75, 3.05) is 41.7 Å². The molecule has 1 aromatic rings. The van der Waals surface area contributed by atoms with E-state index in [9.17, 15) is 0 Å². The minimum atomic E-state index is 0.664. The number of nitrogens with zero attached hydrogens (tertiary/aromatic N) is 4. The van der Waals surface area contributed by atoms with Crippen LogP contribution in [0.4, 0.5) is 17.8 Å². The monoisotopic (exact) mass is 264 g/mol. The van der Waals surface area contributed by atoms with Crippen molar-refractivity contribution in [3.05, 3.63) is 0 Å². The van der Waals surface area contributed by atoms with Crippen LogP contribution in [-0.2, 0) is 0 Å². The van der Waals surface area contributed by atoms with Gasteiger partial charge in [0.1, 0.15) is 0 Å². The molecule has 0 bridgehead atoms. The molecule has 0 aliphatic carbocycles. The first-order chi connectivity index (χ1) is 9.33. The Balaban J connectivity index is 2.17. The van der Waals surface area contributed by atoms with Crippen LogP contribution >= 0.6 is 0 Å². The van der Waals surface area contributed by atoms with Gasteiger partial charge in [0.15, 0.2) is 0 Å². The molecule has 106 valence electrons. The third-order valence-electron chi connectivity index (χ3n) is 3.13. The highest BCUT2D eigenvalue weighted by molar-refractivity contribution is 5.43. The number of rotatable bonds is 6. The van der Waals surface area contributed by atoms with E-state index in [-0.39, 0.29) is 0 Å². The summed E-state index contributed by atoms with van der Waals surface area (Å²) in [6, 6.07) is 0. The molecule has 1 saturated heterocycles. The van der Waals surface area contributed by atoms with Gasteiger partial charge in [0.2, 0.25) is 17.8 Å². The summed E-state index contributed by atoms with van der Waals surface area (Å²) in [5.74, 6) is 2.13. The largest absolute Gasteiger partial charge is 0.354 e. The van der Waals surface area contributed by atoms with Crippen LogP contribution in [0.15, 0.2) is 0 Å². The second-order valence-electron chi connectivity index (χ2n) is 4.79. The van der Waals surface area contributed by atoms with Gasteiger partial charge in [-0.3, -0.25) is 0 Å². The molecule has 1 aliphatic heterocycles. The molecule has 2 rings (SSSR count). The fraction of sp³-hybridized carbons (Fsp3) is 0.769. The van der Waals surface area contributed by atoms with E-state index in [1.54, 1.807) is 0 Å². The van der Waals surface area contributed by atoms with Crippen molar-refractivity contribution in [1.82, 2.24) is 15.0 Å². The van der Waals surface area contributed by atoms with Gasteiger partial charge < -0.3 is 15.5 Å². The Bertz CT molecular complexity index is 389. The molecule has 1 aliphatic rings. The average molecular weight is 264 g/mol. The van der Waals surface area contributed by atoms with Gasteiger partial charge >= 0.3 is 0 Å². The molecule has 19 heavy (non-hydrogen) atoms. The van der Waals surface area contributed by atoms with Crippen molar-refractivity contribution in [2.45, 2.75) is 39.5 Å². The highest BCUT2D eigenvalue weighted by Crippen LogP contribution is 2.18. The molecule has 0 saturated carbocycles. The van der Waals surface area contributed by atoms with Crippen LogP contribution < -0.4 is 15.5 Å². The highest BCUT2D eigenvalue weighted by atomic mass is 15.3. The van der Waals surface area contributed by atoms with Crippen molar-refractivity contribution < 1.29 is 0 Å². The van der Waals surface area contributed by atoms with Crippen molar-refractivity contribution in [2.24, 2.45) is 0 Å². The molecule has 1 aromatic heterocycles. The lowest BCUT2D eigenvalue weighted by molar-refractivity contribution is 0.568. The van der Waals surface area contributed by atoms with Crippen molar-refractivity contribution in [3.8, 4) is 0 Å². The molecule has 0 aromatic carbocycles. The topological polar surface area (TPSA) is 66.0 Å². The average Bonchev–Trinajstić information content (AvgIpc) is 2.46. The summed E-state index contributed by atoms with van der Waals surface area (Å²) in [5.41, 5.74) is 0. The van der Waals surface area contributed by atoms with Gasteiger partial charge in [-0.15, -0.1) is 0 Å². The van der Waals surface area contributed by atoms with Crippen LogP contribution in [0.1, 0.15) is 39.5 Å². The number of anilines is 3. The Kier molecular flexibility index (Phi) is 5.18. The maximum Gasteiger partial charge on any atom is 0.231 e. The Hall–Kier alpha value is -1.59. The van der Waals surface area contributed by atoms with Gasteiger partial charge in [-0.05, 0) is 32.6 Å². The van der Waals surface area contributed by atoms with Gasteiger partial charge in [-0.2, -0.15) is 15.0 Å². The van der Waals surface area contributed by atoms with Gasteiger partial charge in [0.05, 0.1) is 0 Å². The molecule has 0 atom stereocenters. The molecule has 0 spiro atoms. The van der Waals surface area contributed by atoms with Crippen LogP contribution in [-0.4, -0.2) is 41.1 Å². The molecular formula is C13H24N6. The van der Waals surface area contributed by atoms with Crippen molar-refractivity contribution in [1.29, 1.82) is 0 Å². The van der Waals surface area contributed by atoms with Crippen LogP contribution in [0.25, 0.3) is 0 Å². The second-order valence-corrected chi connectivity index (χ2v) is 4.79. The quantitative estimate of drug-likeness (QED) is 0.820. The first kappa shape index (κ1) is 13.8. The molecule has 2 heterocycles. The Labute approximate surface area is 115 Å². The zero-order valence-electron chi connectivity index (χ0n) is 11.9. The molecule has 0 amide bonds. The maximum atomic E-state index is 4.53. The predicted molar refractivity (Wildman–Crippen MR) is 78.8 cm³/mol. The van der Waals surface area contributed by atoms with Gasteiger partial charge in [0, 0.05) is 26.2 Å². The summed E-state index contributed by atoms with van der Waals surface area (Å²) >= 11 is 0. The lowest BCUT2D eigenvalue weighted by Crippen LogP contribution is -2.31. The molecule has 2 N–H and O–H groups in total. The number of hydrogen-bond donors (Lipinski definition) is 2. The first-order valence-electron chi connectivity index (χ1n) is 7.32. The van der Waals surface area contributed by atoms with Gasteiger partial charge in [0.25, 0.3) is 0 Å². The summed E-state index contributed by atoms with van der Waals surface area (Å²) in [6.45, 7) is 7.96. The highest BCUT2D eigenvalue weighted by Gasteiger charge is 2.15. The minimum absolute atomic E-state index is 0.664. The summed E-state index contributed by atoms with van der Waals surface area (Å²) in [5, 5.41) is 6.42. The van der Waals surface area contributed by atoms with Gasteiger partial charge in [-0.25, -0.2) is 0 Å². The van der Waals surface area contributed by atoms with Crippen LogP contribution in [0.2, 0.25) is 0 Å². The lowest BCUT2D eigenvalue weighted by Gasteiger charge is -2.27. The van der Waals surface area contributed by atoms with E-state index >= 15 is 0 Å². The fourth-order valence-electron chi connectivity index (χ4n) is 2.15. The smallest absolute Gasteiger partial charge is 0.231 e. The van der Waals surface area contributed by atoms with E-state index in [0.29, 0.717) is 11.9 Å². The van der Waals surface area contributed by atoms with Crippen LogP contribution in [0.3, 0.4) is 0 Å². The summed E-state index contributed by atoms with van der Waals surface area (Å²) in [7, 11) is 0. The lowest BCUT2D eigenvalue weighted by atomic mass is 10.1. The van der Waals surface area contributed by atoms with E-state index in [0.717, 1.165) is 38.5 Å². The first-order valence-corrected chi connectivity index (χ1v) is 7.32. The number of piperidine rings is 1. The standard InChI is InChI=1S/C13H24N6/c1-3-8-15-12-16-11(14-4-2)17-13(18-12)19-9-6-5-7-10-19/h3-10H2,1-2H3,(H2,14,15,16,17,18). The number of aromatic nitrogens is 3. The summed E-state index contributed by atoms with van der Waals surface area (Å²) in [4.78, 5) is 15.7. The number of nitrogens with one attached hydrogen (secondary N) is 2. The number of hydrogen-bond acceptors (Lipinski definition) is 6. The SMILES string of the molecule is CCCNc1nc(NCC)nc(N2CCCCC2)n1.